The SMILES string of the molecule is CCc1nc(Cl)cc(=O)n1CCS(=O)(=O)C(C)C. The van der Waals surface area contributed by atoms with Crippen LogP contribution in [0.1, 0.15) is 26.6 Å². The van der Waals surface area contributed by atoms with E-state index in [0.29, 0.717) is 12.2 Å². The van der Waals surface area contributed by atoms with E-state index in [2.05, 4.69) is 4.98 Å². The van der Waals surface area contributed by atoms with E-state index in [0.717, 1.165) is 0 Å². The molecule has 0 spiro atoms. The molecule has 0 N–H and O–H groups in total. The van der Waals surface area contributed by atoms with Gasteiger partial charge in [0.1, 0.15) is 11.0 Å². The zero-order valence-electron chi connectivity index (χ0n) is 10.7. The third kappa shape index (κ3) is 3.55. The van der Waals surface area contributed by atoms with Gasteiger partial charge >= 0.3 is 0 Å². The van der Waals surface area contributed by atoms with Crippen molar-refractivity contribution in [3.05, 3.63) is 27.4 Å². The molecule has 18 heavy (non-hydrogen) atoms. The first-order valence-electron chi connectivity index (χ1n) is 5.75. The minimum Gasteiger partial charge on any atom is -0.296 e. The molecule has 0 fully saturated rings. The maximum absolute atomic E-state index is 11.8. The lowest BCUT2D eigenvalue weighted by atomic mass is 10.4. The van der Waals surface area contributed by atoms with Crippen molar-refractivity contribution in [2.24, 2.45) is 0 Å². The molecule has 102 valence electrons. The van der Waals surface area contributed by atoms with Crippen molar-refractivity contribution < 1.29 is 8.42 Å². The summed E-state index contributed by atoms with van der Waals surface area (Å²) in [6.45, 7) is 5.20. The highest BCUT2D eigenvalue weighted by Crippen LogP contribution is 2.05. The summed E-state index contributed by atoms with van der Waals surface area (Å²) in [7, 11) is -3.17. The van der Waals surface area contributed by atoms with Gasteiger partial charge in [0.15, 0.2) is 9.84 Å². The summed E-state index contributed by atoms with van der Waals surface area (Å²) in [6, 6.07) is 1.20. The van der Waals surface area contributed by atoms with E-state index in [1.807, 2.05) is 6.92 Å². The highest BCUT2D eigenvalue weighted by Gasteiger charge is 2.17. The topological polar surface area (TPSA) is 69.0 Å². The van der Waals surface area contributed by atoms with Crippen molar-refractivity contribution in [1.29, 1.82) is 0 Å². The van der Waals surface area contributed by atoms with Gasteiger partial charge in [-0.25, -0.2) is 13.4 Å². The second kappa shape index (κ2) is 5.84. The largest absolute Gasteiger partial charge is 0.296 e. The van der Waals surface area contributed by atoms with Crippen molar-refractivity contribution >= 4 is 21.4 Å². The summed E-state index contributed by atoms with van der Waals surface area (Å²) in [5, 5.41) is -0.307. The van der Waals surface area contributed by atoms with Gasteiger partial charge in [-0.15, -0.1) is 0 Å². The first kappa shape index (κ1) is 15.2. The molecule has 0 amide bonds. The normalized spacial score (nSPS) is 12.1. The lowest BCUT2D eigenvalue weighted by molar-refractivity contribution is 0.573. The number of aryl methyl sites for hydroxylation is 1. The van der Waals surface area contributed by atoms with Crippen molar-refractivity contribution in [2.45, 2.75) is 39.0 Å². The van der Waals surface area contributed by atoms with Crippen LogP contribution in [0.3, 0.4) is 0 Å². The Morgan fingerprint density at radius 3 is 2.56 bits per heavy atom. The molecule has 0 aliphatic rings. The van der Waals surface area contributed by atoms with Crippen LogP contribution in [-0.4, -0.2) is 29.0 Å². The van der Waals surface area contributed by atoms with E-state index in [1.165, 1.54) is 10.6 Å². The predicted molar refractivity (Wildman–Crippen MR) is 71.8 cm³/mol. The van der Waals surface area contributed by atoms with Crippen LogP contribution in [-0.2, 0) is 22.8 Å². The average Bonchev–Trinajstić information content (AvgIpc) is 2.26. The Morgan fingerprint density at radius 1 is 1.44 bits per heavy atom. The monoisotopic (exact) mass is 292 g/mol. The number of hydrogen-bond donors (Lipinski definition) is 0. The van der Waals surface area contributed by atoms with Crippen molar-refractivity contribution in [3.8, 4) is 0 Å². The molecule has 7 heteroatoms. The van der Waals surface area contributed by atoms with Gasteiger partial charge in [-0.3, -0.25) is 9.36 Å². The van der Waals surface area contributed by atoms with E-state index < -0.39 is 15.1 Å². The van der Waals surface area contributed by atoms with E-state index >= 15 is 0 Å². The molecule has 0 bridgehead atoms. The molecule has 0 aliphatic carbocycles. The molecule has 0 aromatic carbocycles. The standard InChI is InChI=1S/C11H17ClN2O3S/c1-4-10-13-9(12)7-11(15)14(10)5-6-18(16,17)8(2)3/h7-8H,4-6H2,1-3H3. The van der Waals surface area contributed by atoms with Crippen molar-refractivity contribution in [1.82, 2.24) is 9.55 Å². The van der Waals surface area contributed by atoms with Crippen LogP contribution in [0.4, 0.5) is 0 Å². The van der Waals surface area contributed by atoms with Gasteiger partial charge < -0.3 is 0 Å². The minimum absolute atomic E-state index is 0.0686. The number of halogens is 1. The van der Waals surface area contributed by atoms with E-state index in [1.54, 1.807) is 13.8 Å². The maximum Gasteiger partial charge on any atom is 0.255 e. The van der Waals surface area contributed by atoms with E-state index in [9.17, 15) is 13.2 Å². The molecule has 5 nitrogen and oxygen atoms in total. The number of aromatic nitrogens is 2. The van der Waals surface area contributed by atoms with Crippen LogP contribution in [0.15, 0.2) is 10.9 Å². The Bertz CT molecular complexity index is 578. The van der Waals surface area contributed by atoms with Gasteiger partial charge in [-0.1, -0.05) is 18.5 Å². The molecule has 1 aromatic heterocycles. The Hall–Kier alpha value is -0.880. The number of sulfone groups is 1. The highest BCUT2D eigenvalue weighted by molar-refractivity contribution is 7.91. The number of rotatable bonds is 5. The first-order chi connectivity index (χ1) is 8.27. The second-order valence-electron chi connectivity index (χ2n) is 4.25. The number of hydrogen-bond acceptors (Lipinski definition) is 4. The molecule has 1 heterocycles. The van der Waals surface area contributed by atoms with Gasteiger partial charge in [-0.05, 0) is 13.8 Å². The van der Waals surface area contributed by atoms with Crippen LogP contribution < -0.4 is 5.56 Å². The molecular weight excluding hydrogens is 276 g/mol. The lowest BCUT2D eigenvalue weighted by Gasteiger charge is -2.12. The molecule has 0 saturated heterocycles. The second-order valence-corrected chi connectivity index (χ2v) is 7.32. The zero-order valence-corrected chi connectivity index (χ0v) is 12.3. The van der Waals surface area contributed by atoms with Crippen LogP contribution in [0.25, 0.3) is 0 Å². The molecule has 0 radical (unpaired) electrons. The van der Waals surface area contributed by atoms with Crippen molar-refractivity contribution in [2.75, 3.05) is 5.75 Å². The zero-order chi connectivity index (χ0) is 13.9. The van der Waals surface area contributed by atoms with Crippen LogP contribution in [0, 0.1) is 0 Å². The summed E-state index contributed by atoms with van der Waals surface area (Å²) < 4.78 is 24.8. The fourth-order valence-electron chi connectivity index (χ4n) is 1.49. The highest BCUT2D eigenvalue weighted by atomic mass is 35.5. The smallest absolute Gasteiger partial charge is 0.255 e. The molecule has 0 atom stereocenters. The summed E-state index contributed by atoms with van der Waals surface area (Å²) >= 11 is 5.70. The van der Waals surface area contributed by atoms with Gasteiger partial charge in [0.25, 0.3) is 5.56 Å². The van der Waals surface area contributed by atoms with Gasteiger partial charge in [0.05, 0.1) is 11.0 Å². The summed E-state index contributed by atoms with van der Waals surface area (Å²) in [5.41, 5.74) is -0.314. The molecule has 1 rings (SSSR count). The molecule has 0 unspecified atom stereocenters. The fraction of sp³-hybridized carbons (Fsp3) is 0.636. The molecule has 0 aliphatic heterocycles. The third-order valence-corrected chi connectivity index (χ3v) is 5.07. The Labute approximate surface area is 112 Å². The average molecular weight is 293 g/mol. The van der Waals surface area contributed by atoms with Gasteiger partial charge in [-0.2, -0.15) is 0 Å². The summed E-state index contributed by atoms with van der Waals surface area (Å²) in [5.74, 6) is 0.437. The summed E-state index contributed by atoms with van der Waals surface area (Å²) in [6.07, 6.45) is 0.525. The number of nitrogens with zero attached hydrogens (tertiary/aromatic N) is 2. The van der Waals surface area contributed by atoms with Crippen LogP contribution in [0.5, 0.6) is 0 Å². The quantitative estimate of drug-likeness (QED) is 0.767. The minimum atomic E-state index is -3.17. The Morgan fingerprint density at radius 2 is 2.06 bits per heavy atom. The predicted octanol–water partition coefficient (Wildman–Crippen LogP) is 1.28. The van der Waals surface area contributed by atoms with Crippen LogP contribution >= 0.6 is 11.6 Å². The van der Waals surface area contributed by atoms with Crippen molar-refractivity contribution in [3.63, 3.8) is 0 Å². The van der Waals surface area contributed by atoms with Gasteiger partial charge in [0.2, 0.25) is 0 Å². The Balaban J connectivity index is 3.03. The fourth-order valence-corrected chi connectivity index (χ4v) is 2.59. The molecular formula is C11H17ClN2O3S. The third-order valence-electron chi connectivity index (χ3n) is 2.69. The van der Waals surface area contributed by atoms with E-state index in [4.69, 9.17) is 11.6 Å². The lowest BCUT2D eigenvalue weighted by Crippen LogP contribution is -2.29. The molecule has 0 saturated carbocycles. The van der Waals surface area contributed by atoms with E-state index in [-0.39, 0.29) is 23.0 Å². The molecule has 1 aromatic rings. The summed E-state index contributed by atoms with van der Waals surface area (Å²) in [4.78, 5) is 15.8. The Kier molecular flexibility index (Phi) is 4.92. The maximum atomic E-state index is 11.8. The first-order valence-corrected chi connectivity index (χ1v) is 7.85. The van der Waals surface area contributed by atoms with Gasteiger partial charge in [0, 0.05) is 19.0 Å². The van der Waals surface area contributed by atoms with Crippen LogP contribution in [0.2, 0.25) is 5.15 Å².